The molecule has 1 aliphatic heterocycles. The molecule has 1 unspecified atom stereocenters. The summed E-state index contributed by atoms with van der Waals surface area (Å²) in [7, 11) is 0. The van der Waals surface area contributed by atoms with Crippen LogP contribution < -0.4 is 5.32 Å². The number of nitrogens with zero attached hydrogens (tertiary/aromatic N) is 3. The van der Waals surface area contributed by atoms with Crippen LogP contribution in [0.5, 0.6) is 0 Å². The third kappa shape index (κ3) is 4.88. The largest absolute Gasteiger partial charge is 0.376 e. The van der Waals surface area contributed by atoms with Gasteiger partial charge in [-0.3, -0.25) is 9.36 Å². The molecule has 1 amide bonds. The number of amides is 1. The van der Waals surface area contributed by atoms with Gasteiger partial charge in [-0.15, -0.1) is 21.5 Å². The Balaban J connectivity index is 1.48. The standard InChI is InChI=1S/C21H23ClN4O2S2/c1-13-9-14(2)19(16(22)10-13)23-18(27)12-30-21-25-24-20(17-6-4-8-29-17)26(21)11-15-5-3-7-28-15/h4,6,8-10,15H,3,5,7,11-12H2,1-2H3,(H,23,27). The molecule has 1 N–H and O–H groups in total. The number of benzene rings is 1. The number of carbonyl (C=O) groups excluding carboxylic acids is 1. The average Bonchev–Trinajstić information content (AvgIpc) is 3.45. The summed E-state index contributed by atoms with van der Waals surface area (Å²) < 4.78 is 7.89. The second-order valence-corrected chi connectivity index (χ2v) is 9.60. The number of aryl methyl sites for hydroxylation is 2. The van der Waals surface area contributed by atoms with E-state index in [1.165, 1.54) is 11.8 Å². The van der Waals surface area contributed by atoms with E-state index in [9.17, 15) is 4.79 Å². The van der Waals surface area contributed by atoms with Gasteiger partial charge in [-0.2, -0.15) is 0 Å². The molecule has 0 spiro atoms. The fourth-order valence-corrected chi connectivity index (χ4v) is 5.35. The van der Waals surface area contributed by atoms with Gasteiger partial charge in [0, 0.05) is 6.61 Å². The molecule has 30 heavy (non-hydrogen) atoms. The molecular formula is C21H23ClN4O2S2. The Kier molecular flexibility index (Phi) is 6.77. The maximum absolute atomic E-state index is 12.6. The van der Waals surface area contributed by atoms with Gasteiger partial charge in [0.05, 0.1) is 34.0 Å². The van der Waals surface area contributed by atoms with Crippen molar-refractivity contribution in [3.8, 4) is 10.7 Å². The minimum absolute atomic E-state index is 0.127. The third-order valence-corrected chi connectivity index (χ3v) is 7.03. The minimum atomic E-state index is -0.127. The van der Waals surface area contributed by atoms with E-state index in [4.69, 9.17) is 16.3 Å². The number of hydrogen-bond acceptors (Lipinski definition) is 6. The monoisotopic (exact) mass is 462 g/mol. The molecule has 2 aromatic heterocycles. The van der Waals surface area contributed by atoms with Gasteiger partial charge in [-0.1, -0.05) is 35.5 Å². The maximum atomic E-state index is 12.6. The van der Waals surface area contributed by atoms with E-state index in [-0.39, 0.29) is 17.8 Å². The molecule has 0 bridgehead atoms. The number of hydrogen-bond donors (Lipinski definition) is 1. The molecule has 1 aliphatic rings. The predicted octanol–water partition coefficient (Wildman–Crippen LogP) is 5.19. The molecule has 3 heterocycles. The van der Waals surface area contributed by atoms with Crippen molar-refractivity contribution >= 4 is 46.3 Å². The zero-order valence-electron chi connectivity index (χ0n) is 16.9. The Morgan fingerprint density at radius 3 is 2.97 bits per heavy atom. The summed E-state index contributed by atoms with van der Waals surface area (Å²) in [6.45, 7) is 5.40. The van der Waals surface area contributed by atoms with Gasteiger partial charge < -0.3 is 10.1 Å². The summed E-state index contributed by atoms with van der Waals surface area (Å²) in [4.78, 5) is 13.7. The Hall–Kier alpha value is -1.87. The summed E-state index contributed by atoms with van der Waals surface area (Å²) in [5.74, 6) is 0.914. The average molecular weight is 463 g/mol. The maximum Gasteiger partial charge on any atom is 0.234 e. The number of thiophene rings is 1. The number of aromatic nitrogens is 3. The van der Waals surface area contributed by atoms with Gasteiger partial charge in [-0.05, 0) is 55.3 Å². The highest BCUT2D eigenvalue weighted by Gasteiger charge is 2.22. The number of nitrogens with one attached hydrogen (secondary N) is 1. The SMILES string of the molecule is Cc1cc(C)c(NC(=O)CSc2nnc(-c3cccs3)n2CC2CCCO2)c(Cl)c1. The lowest BCUT2D eigenvalue weighted by atomic mass is 10.1. The van der Waals surface area contributed by atoms with Crippen LogP contribution in [0.1, 0.15) is 24.0 Å². The molecule has 1 fully saturated rings. The van der Waals surface area contributed by atoms with E-state index in [0.29, 0.717) is 17.3 Å². The molecule has 0 radical (unpaired) electrons. The third-order valence-electron chi connectivity index (χ3n) is 4.90. The van der Waals surface area contributed by atoms with E-state index in [1.54, 1.807) is 11.3 Å². The smallest absolute Gasteiger partial charge is 0.234 e. The van der Waals surface area contributed by atoms with E-state index in [2.05, 4.69) is 20.1 Å². The lowest BCUT2D eigenvalue weighted by Gasteiger charge is -2.14. The highest BCUT2D eigenvalue weighted by molar-refractivity contribution is 7.99. The van der Waals surface area contributed by atoms with Crippen LogP contribution in [0.15, 0.2) is 34.8 Å². The molecule has 158 valence electrons. The fraction of sp³-hybridized carbons (Fsp3) is 0.381. The van der Waals surface area contributed by atoms with Crippen molar-refractivity contribution in [2.75, 3.05) is 17.7 Å². The van der Waals surface area contributed by atoms with Crippen LogP contribution >= 0.6 is 34.7 Å². The summed E-state index contributed by atoms with van der Waals surface area (Å²) in [5, 5.41) is 15.0. The van der Waals surface area contributed by atoms with Crippen molar-refractivity contribution in [1.29, 1.82) is 0 Å². The minimum Gasteiger partial charge on any atom is -0.376 e. The molecule has 4 rings (SSSR count). The number of thioether (sulfide) groups is 1. The summed E-state index contributed by atoms with van der Waals surface area (Å²) in [6, 6.07) is 7.88. The van der Waals surface area contributed by atoms with Gasteiger partial charge in [-0.25, -0.2) is 0 Å². The summed E-state index contributed by atoms with van der Waals surface area (Å²) in [6.07, 6.45) is 2.25. The Bertz CT molecular complexity index is 1010. The first-order chi connectivity index (χ1) is 14.5. The second kappa shape index (κ2) is 9.51. The Morgan fingerprint density at radius 2 is 2.27 bits per heavy atom. The number of ether oxygens (including phenoxy) is 1. The molecule has 1 aromatic carbocycles. The zero-order chi connectivity index (χ0) is 21.1. The van der Waals surface area contributed by atoms with Gasteiger partial charge in [0.15, 0.2) is 11.0 Å². The van der Waals surface area contributed by atoms with Crippen molar-refractivity contribution in [2.45, 2.75) is 44.5 Å². The Morgan fingerprint density at radius 1 is 1.40 bits per heavy atom. The van der Waals surface area contributed by atoms with Crippen LogP contribution in [0, 0.1) is 13.8 Å². The van der Waals surface area contributed by atoms with E-state index in [0.717, 1.165) is 46.4 Å². The second-order valence-electron chi connectivity index (χ2n) is 7.30. The van der Waals surface area contributed by atoms with Crippen LogP contribution in [0.4, 0.5) is 5.69 Å². The molecule has 0 saturated carbocycles. The highest BCUT2D eigenvalue weighted by Crippen LogP contribution is 2.30. The first kappa shape index (κ1) is 21.4. The number of halogens is 1. The van der Waals surface area contributed by atoms with Gasteiger partial charge in [0.2, 0.25) is 5.91 Å². The quantitative estimate of drug-likeness (QED) is 0.489. The number of carbonyl (C=O) groups is 1. The summed E-state index contributed by atoms with van der Waals surface area (Å²) >= 11 is 9.31. The highest BCUT2D eigenvalue weighted by atomic mass is 35.5. The fourth-order valence-electron chi connectivity index (χ4n) is 3.52. The van der Waals surface area contributed by atoms with Gasteiger partial charge in [0.25, 0.3) is 0 Å². The lowest BCUT2D eigenvalue weighted by molar-refractivity contribution is -0.113. The molecule has 1 saturated heterocycles. The summed E-state index contributed by atoms with van der Waals surface area (Å²) in [5.41, 5.74) is 2.67. The van der Waals surface area contributed by atoms with E-state index in [1.807, 2.05) is 43.5 Å². The topological polar surface area (TPSA) is 69.0 Å². The normalized spacial score (nSPS) is 16.2. The van der Waals surface area contributed by atoms with Crippen LogP contribution in [0.3, 0.4) is 0 Å². The molecule has 0 aliphatic carbocycles. The Labute approximate surface area is 189 Å². The zero-order valence-corrected chi connectivity index (χ0v) is 19.2. The van der Waals surface area contributed by atoms with Crippen LogP contribution in [0.2, 0.25) is 5.02 Å². The van der Waals surface area contributed by atoms with Crippen molar-refractivity contribution in [3.63, 3.8) is 0 Å². The van der Waals surface area contributed by atoms with Crippen LogP contribution in [-0.4, -0.2) is 39.1 Å². The molecule has 1 atom stereocenters. The molecule has 3 aromatic rings. The first-order valence-corrected chi connectivity index (χ1v) is 12.0. The van der Waals surface area contributed by atoms with Crippen molar-refractivity contribution in [1.82, 2.24) is 14.8 Å². The van der Waals surface area contributed by atoms with Crippen molar-refractivity contribution < 1.29 is 9.53 Å². The van der Waals surface area contributed by atoms with E-state index >= 15 is 0 Å². The van der Waals surface area contributed by atoms with E-state index < -0.39 is 0 Å². The number of rotatable bonds is 7. The molecule has 6 nitrogen and oxygen atoms in total. The first-order valence-electron chi connectivity index (χ1n) is 9.79. The van der Waals surface area contributed by atoms with Crippen LogP contribution in [-0.2, 0) is 16.1 Å². The predicted molar refractivity (Wildman–Crippen MR) is 123 cm³/mol. The number of anilines is 1. The van der Waals surface area contributed by atoms with Crippen LogP contribution in [0.25, 0.3) is 10.7 Å². The van der Waals surface area contributed by atoms with Crippen molar-refractivity contribution in [2.24, 2.45) is 0 Å². The van der Waals surface area contributed by atoms with Gasteiger partial charge >= 0.3 is 0 Å². The lowest BCUT2D eigenvalue weighted by Crippen LogP contribution is -2.18. The van der Waals surface area contributed by atoms with Crippen molar-refractivity contribution in [3.05, 3.63) is 45.8 Å². The van der Waals surface area contributed by atoms with Gasteiger partial charge in [0.1, 0.15) is 0 Å². The molecule has 9 heteroatoms. The molecular weight excluding hydrogens is 440 g/mol.